The van der Waals surface area contributed by atoms with E-state index < -0.39 is 13.9 Å². The molecule has 14 heavy (non-hydrogen) atoms. The van der Waals surface area contributed by atoms with Crippen molar-refractivity contribution >= 4 is 7.82 Å². The summed E-state index contributed by atoms with van der Waals surface area (Å²) in [6.45, 7) is 1.88. The van der Waals surface area contributed by atoms with Crippen LogP contribution in [0.4, 0.5) is 0 Å². The quantitative estimate of drug-likeness (QED) is 0.420. The van der Waals surface area contributed by atoms with E-state index >= 15 is 0 Å². The van der Waals surface area contributed by atoms with Gasteiger partial charge in [-0.1, -0.05) is 6.92 Å². The van der Waals surface area contributed by atoms with E-state index in [4.69, 9.17) is 24.4 Å². The first kappa shape index (κ1) is 13.2. The number of phosphoric acid groups is 1. The minimum absolute atomic E-state index is 0.470. The molecule has 1 rings (SSSR count). The Hall–Kier alpha value is -0.790. The summed E-state index contributed by atoms with van der Waals surface area (Å²) in [5.41, 5.74) is 0. The van der Waals surface area contributed by atoms with E-state index in [-0.39, 0.29) is 0 Å². The van der Waals surface area contributed by atoms with Crippen molar-refractivity contribution in [2.75, 3.05) is 0 Å². The molecule has 0 aliphatic carbocycles. The lowest BCUT2D eigenvalue weighted by Crippen LogP contribution is -1.96. The molecular weight excluding hydrogens is 213 g/mol. The van der Waals surface area contributed by atoms with Gasteiger partial charge in [-0.2, -0.15) is 5.10 Å². The lowest BCUT2D eigenvalue weighted by atomic mass is 10.3. The molecule has 0 amide bonds. The molecule has 1 heterocycles. The van der Waals surface area contributed by atoms with Crippen molar-refractivity contribution in [3.8, 4) is 0 Å². The molecule has 8 nitrogen and oxygen atoms in total. The zero-order valence-corrected chi connectivity index (χ0v) is 8.29. The van der Waals surface area contributed by atoms with Crippen LogP contribution in [0.25, 0.3) is 0 Å². The first-order chi connectivity index (χ1) is 6.34. The van der Waals surface area contributed by atoms with Gasteiger partial charge in [0.15, 0.2) is 5.82 Å². The van der Waals surface area contributed by atoms with Crippen LogP contribution in [0.2, 0.25) is 0 Å². The van der Waals surface area contributed by atoms with Gasteiger partial charge in [-0.3, -0.25) is 5.10 Å². The van der Waals surface area contributed by atoms with Crippen LogP contribution >= 0.6 is 7.82 Å². The average Bonchev–Trinajstić information content (AvgIpc) is 2.51. The molecule has 0 saturated carbocycles. The van der Waals surface area contributed by atoms with Crippen LogP contribution in [0.15, 0.2) is 6.33 Å². The van der Waals surface area contributed by atoms with Gasteiger partial charge in [0.2, 0.25) is 0 Å². The normalized spacial score (nSPS) is 12.9. The summed E-state index contributed by atoms with van der Waals surface area (Å²) in [5.74, 6) is 0.470. The number of H-pyrrole nitrogens is 1. The molecule has 5 N–H and O–H groups in total. The topological polar surface area (TPSA) is 140 Å². The molecule has 0 fully saturated rings. The maximum Gasteiger partial charge on any atom is 0.466 e. The predicted octanol–water partition coefficient (Wildman–Crippen LogP) is -0.681. The summed E-state index contributed by atoms with van der Waals surface area (Å²) in [7, 11) is -4.64. The van der Waals surface area contributed by atoms with E-state index in [9.17, 15) is 0 Å². The Morgan fingerprint density at radius 3 is 2.36 bits per heavy atom. The Bertz CT molecular complexity index is 275. The maximum absolute atomic E-state index is 9.07. The monoisotopic (exact) mass is 225 g/mol. The number of hydrogen-bond acceptors (Lipinski definition) is 4. The van der Waals surface area contributed by atoms with Gasteiger partial charge in [0.1, 0.15) is 12.4 Å². The second-order valence-corrected chi connectivity index (χ2v) is 3.32. The van der Waals surface area contributed by atoms with Crippen molar-refractivity contribution in [2.45, 2.75) is 19.4 Å². The van der Waals surface area contributed by atoms with Crippen LogP contribution in [0, 0.1) is 0 Å². The van der Waals surface area contributed by atoms with Crippen LogP contribution in [-0.2, 0) is 4.57 Å². The van der Waals surface area contributed by atoms with Crippen molar-refractivity contribution in [2.24, 2.45) is 0 Å². The standard InChI is InChI=1S/C5H9N3O.H3O4P/c1-2-4(9)5-6-3-7-8-5;1-5(2,3)4/h3-4,9H,2H2,1H3,(H,6,7,8);(H3,1,2,3,4). The van der Waals surface area contributed by atoms with Crippen molar-refractivity contribution in [1.82, 2.24) is 15.2 Å². The summed E-state index contributed by atoms with van der Waals surface area (Å²) in [5, 5.41) is 15.3. The van der Waals surface area contributed by atoms with Crippen LogP contribution in [0.5, 0.6) is 0 Å². The molecule has 0 spiro atoms. The summed E-state index contributed by atoms with van der Waals surface area (Å²) in [6.07, 6.45) is 1.59. The number of nitrogens with one attached hydrogen (secondary N) is 1. The molecule has 1 atom stereocenters. The molecule has 0 aliphatic rings. The van der Waals surface area contributed by atoms with E-state index in [1.165, 1.54) is 6.33 Å². The smallest absolute Gasteiger partial charge is 0.385 e. The first-order valence-corrected chi connectivity index (χ1v) is 5.23. The molecular formula is C5H12N3O5P. The molecule has 0 radical (unpaired) electrons. The number of aromatic amines is 1. The molecule has 0 aliphatic heterocycles. The highest BCUT2D eigenvalue weighted by Gasteiger charge is 2.06. The van der Waals surface area contributed by atoms with E-state index in [1.807, 2.05) is 6.92 Å². The molecule has 0 aromatic carbocycles. The Kier molecular flexibility index (Phi) is 5.51. The molecule has 1 aromatic rings. The Labute approximate surface area is 79.9 Å². The molecule has 0 bridgehead atoms. The van der Waals surface area contributed by atoms with Gasteiger partial charge >= 0.3 is 7.82 Å². The van der Waals surface area contributed by atoms with Gasteiger partial charge in [-0.15, -0.1) is 0 Å². The molecule has 0 saturated heterocycles. The number of aliphatic hydroxyl groups is 1. The number of aromatic nitrogens is 3. The predicted molar refractivity (Wildman–Crippen MR) is 45.9 cm³/mol. The minimum Gasteiger partial charge on any atom is -0.385 e. The Balaban J connectivity index is 0.000000292. The zero-order valence-electron chi connectivity index (χ0n) is 7.40. The van der Waals surface area contributed by atoms with E-state index in [0.29, 0.717) is 12.2 Å². The molecule has 1 aromatic heterocycles. The third kappa shape index (κ3) is 7.84. The van der Waals surface area contributed by atoms with E-state index in [1.54, 1.807) is 0 Å². The maximum atomic E-state index is 9.07. The average molecular weight is 225 g/mol. The van der Waals surface area contributed by atoms with Gasteiger partial charge < -0.3 is 19.8 Å². The highest BCUT2D eigenvalue weighted by Crippen LogP contribution is 2.25. The third-order valence-electron chi connectivity index (χ3n) is 1.12. The Morgan fingerprint density at radius 2 is 2.07 bits per heavy atom. The second kappa shape index (κ2) is 5.84. The minimum atomic E-state index is -4.64. The highest BCUT2D eigenvalue weighted by atomic mass is 31.2. The second-order valence-electron chi connectivity index (χ2n) is 2.29. The van der Waals surface area contributed by atoms with Crippen molar-refractivity contribution in [3.63, 3.8) is 0 Å². The highest BCUT2D eigenvalue weighted by molar-refractivity contribution is 7.45. The number of hydrogen-bond donors (Lipinski definition) is 5. The van der Waals surface area contributed by atoms with Gasteiger partial charge in [-0.05, 0) is 6.42 Å². The molecule has 1 unspecified atom stereocenters. The van der Waals surface area contributed by atoms with E-state index in [2.05, 4.69) is 15.2 Å². The zero-order chi connectivity index (χ0) is 11.2. The molecule has 82 valence electrons. The molecule has 9 heteroatoms. The van der Waals surface area contributed by atoms with Crippen molar-refractivity contribution in [3.05, 3.63) is 12.2 Å². The van der Waals surface area contributed by atoms with E-state index in [0.717, 1.165) is 0 Å². The van der Waals surface area contributed by atoms with Gasteiger partial charge in [0, 0.05) is 0 Å². The Morgan fingerprint density at radius 1 is 1.57 bits per heavy atom. The fourth-order valence-corrected chi connectivity index (χ4v) is 0.562. The van der Waals surface area contributed by atoms with Crippen molar-refractivity contribution in [1.29, 1.82) is 0 Å². The number of nitrogens with zero attached hydrogens (tertiary/aromatic N) is 2. The van der Waals surface area contributed by atoms with Gasteiger partial charge in [0.25, 0.3) is 0 Å². The summed E-state index contributed by atoms with van der Waals surface area (Å²) >= 11 is 0. The first-order valence-electron chi connectivity index (χ1n) is 3.66. The SMILES string of the molecule is CCC(O)c1nc[nH]n1.O=P(O)(O)O. The van der Waals surface area contributed by atoms with Crippen LogP contribution in [0.3, 0.4) is 0 Å². The summed E-state index contributed by atoms with van der Waals surface area (Å²) < 4.78 is 8.88. The van der Waals surface area contributed by atoms with Crippen LogP contribution in [-0.4, -0.2) is 35.0 Å². The fraction of sp³-hybridized carbons (Fsp3) is 0.600. The van der Waals surface area contributed by atoms with Gasteiger partial charge in [0.05, 0.1) is 0 Å². The lowest BCUT2D eigenvalue weighted by molar-refractivity contribution is 0.164. The van der Waals surface area contributed by atoms with Gasteiger partial charge in [-0.25, -0.2) is 9.55 Å². The largest absolute Gasteiger partial charge is 0.466 e. The number of aliphatic hydroxyl groups excluding tert-OH is 1. The lowest BCUT2D eigenvalue weighted by Gasteiger charge is -1.98. The summed E-state index contributed by atoms with van der Waals surface area (Å²) in [6, 6.07) is 0. The van der Waals surface area contributed by atoms with Crippen LogP contribution in [0.1, 0.15) is 25.3 Å². The van der Waals surface area contributed by atoms with Crippen LogP contribution < -0.4 is 0 Å². The third-order valence-corrected chi connectivity index (χ3v) is 1.12. The number of rotatable bonds is 2. The van der Waals surface area contributed by atoms with Crippen molar-refractivity contribution < 1.29 is 24.4 Å². The summed E-state index contributed by atoms with van der Waals surface area (Å²) in [4.78, 5) is 25.3. The fourth-order valence-electron chi connectivity index (χ4n) is 0.562.